The highest BCUT2D eigenvalue weighted by atomic mass is 79.9. The summed E-state index contributed by atoms with van der Waals surface area (Å²) in [6.07, 6.45) is -3.63. The van der Waals surface area contributed by atoms with Crippen LogP contribution in [0.3, 0.4) is 0 Å². The van der Waals surface area contributed by atoms with Crippen molar-refractivity contribution in [1.29, 1.82) is 5.26 Å². The van der Waals surface area contributed by atoms with E-state index < -0.39 is 6.29 Å². The molecule has 21 heavy (non-hydrogen) atoms. The zero-order valence-electron chi connectivity index (χ0n) is 10.4. The van der Waals surface area contributed by atoms with Gasteiger partial charge in [-0.25, -0.2) is 0 Å². The zero-order valence-corrected chi connectivity index (χ0v) is 11.9. The molecule has 0 unspecified atom stereocenters. The monoisotopic (exact) mass is 352 g/mol. The fourth-order valence-electron chi connectivity index (χ4n) is 1.88. The molecule has 1 N–H and O–H groups in total. The first kappa shape index (κ1) is 13.6. The van der Waals surface area contributed by atoms with Crippen LogP contribution in [0.1, 0.15) is 5.56 Å². The Kier molecular flexibility index (Phi) is 3.18. The van der Waals surface area contributed by atoms with Gasteiger partial charge in [-0.15, -0.1) is 8.78 Å². The molecule has 0 radical (unpaired) electrons. The minimum absolute atomic E-state index is 0.00782. The second kappa shape index (κ2) is 4.90. The van der Waals surface area contributed by atoms with Gasteiger partial charge in [-0.05, 0) is 46.3 Å². The van der Waals surface area contributed by atoms with Crippen molar-refractivity contribution in [3.8, 4) is 17.6 Å². The van der Waals surface area contributed by atoms with Gasteiger partial charge in [0.05, 0.1) is 5.56 Å². The van der Waals surface area contributed by atoms with E-state index in [0.29, 0.717) is 21.4 Å². The Morgan fingerprint density at radius 3 is 2.43 bits per heavy atom. The SMILES string of the molecule is N#Cc1ccc(Nc2ccc3c(c2)OC(F)(F)O3)cc1Br. The summed E-state index contributed by atoms with van der Waals surface area (Å²) in [6, 6.07) is 11.5. The van der Waals surface area contributed by atoms with Gasteiger partial charge in [-0.3, -0.25) is 0 Å². The van der Waals surface area contributed by atoms with Crippen LogP contribution in [-0.2, 0) is 0 Å². The molecule has 0 aliphatic carbocycles. The zero-order chi connectivity index (χ0) is 15.0. The van der Waals surface area contributed by atoms with Gasteiger partial charge >= 0.3 is 6.29 Å². The third-order valence-corrected chi connectivity index (χ3v) is 3.44. The average molecular weight is 353 g/mol. The summed E-state index contributed by atoms with van der Waals surface area (Å²) in [5.41, 5.74) is 1.77. The van der Waals surface area contributed by atoms with Gasteiger partial charge in [-0.2, -0.15) is 5.26 Å². The summed E-state index contributed by atoms with van der Waals surface area (Å²) in [7, 11) is 0. The number of alkyl halides is 2. The molecule has 2 aromatic rings. The molecule has 0 saturated carbocycles. The van der Waals surface area contributed by atoms with E-state index in [2.05, 4.69) is 30.7 Å². The normalized spacial score (nSPS) is 14.6. The van der Waals surface area contributed by atoms with Crippen molar-refractivity contribution in [2.75, 3.05) is 5.32 Å². The number of anilines is 2. The number of nitrogens with zero attached hydrogens (tertiary/aromatic N) is 1. The van der Waals surface area contributed by atoms with Gasteiger partial charge in [0.2, 0.25) is 0 Å². The Hall–Kier alpha value is -2.33. The molecule has 1 aliphatic rings. The van der Waals surface area contributed by atoms with E-state index in [1.165, 1.54) is 12.1 Å². The number of halogens is 3. The molecule has 2 aromatic carbocycles. The summed E-state index contributed by atoms with van der Waals surface area (Å²) >= 11 is 3.28. The highest BCUT2D eigenvalue weighted by Crippen LogP contribution is 2.42. The lowest BCUT2D eigenvalue weighted by Gasteiger charge is -2.08. The standard InChI is InChI=1S/C14H7BrF2N2O2/c15-11-5-9(2-1-8(11)7-18)19-10-3-4-12-13(6-10)21-14(16,17)20-12/h1-6,19H. The molecule has 0 amide bonds. The van der Waals surface area contributed by atoms with Crippen molar-refractivity contribution in [3.63, 3.8) is 0 Å². The van der Waals surface area contributed by atoms with Crippen molar-refractivity contribution in [2.45, 2.75) is 6.29 Å². The Balaban J connectivity index is 1.84. The number of nitriles is 1. The van der Waals surface area contributed by atoms with Crippen LogP contribution < -0.4 is 14.8 Å². The maximum Gasteiger partial charge on any atom is 0.586 e. The molecule has 1 aliphatic heterocycles. The Labute approximate surface area is 127 Å². The number of hydrogen-bond acceptors (Lipinski definition) is 4. The molecule has 0 bridgehead atoms. The van der Waals surface area contributed by atoms with Crippen molar-refractivity contribution in [3.05, 3.63) is 46.4 Å². The van der Waals surface area contributed by atoms with Crippen LogP contribution >= 0.6 is 15.9 Å². The van der Waals surface area contributed by atoms with Crippen LogP contribution in [0.5, 0.6) is 11.5 Å². The molecule has 7 heteroatoms. The van der Waals surface area contributed by atoms with Crippen molar-refractivity contribution in [2.24, 2.45) is 0 Å². The molecule has 0 aromatic heterocycles. The summed E-state index contributed by atoms with van der Waals surface area (Å²) in [4.78, 5) is 0. The first-order valence-electron chi connectivity index (χ1n) is 5.83. The topological polar surface area (TPSA) is 54.3 Å². The fourth-order valence-corrected chi connectivity index (χ4v) is 2.34. The number of nitrogens with one attached hydrogen (secondary N) is 1. The van der Waals surface area contributed by atoms with Gasteiger partial charge in [0, 0.05) is 21.9 Å². The molecular formula is C14H7BrF2N2O2. The van der Waals surface area contributed by atoms with Crippen LogP contribution in [0.15, 0.2) is 40.9 Å². The highest BCUT2D eigenvalue weighted by Gasteiger charge is 2.43. The molecule has 0 spiro atoms. The van der Waals surface area contributed by atoms with E-state index in [9.17, 15) is 8.78 Å². The third-order valence-electron chi connectivity index (χ3n) is 2.78. The largest absolute Gasteiger partial charge is 0.586 e. The number of benzene rings is 2. The van der Waals surface area contributed by atoms with E-state index in [0.717, 1.165) is 0 Å². The van der Waals surface area contributed by atoms with E-state index in [1.807, 2.05) is 6.07 Å². The van der Waals surface area contributed by atoms with E-state index >= 15 is 0 Å². The maximum atomic E-state index is 12.9. The molecule has 1 heterocycles. The summed E-state index contributed by atoms with van der Waals surface area (Å²) in [5.74, 6) is -0.0377. The van der Waals surface area contributed by atoms with E-state index in [4.69, 9.17) is 5.26 Å². The Morgan fingerprint density at radius 2 is 1.71 bits per heavy atom. The Bertz CT molecular complexity index is 759. The second-order valence-electron chi connectivity index (χ2n) is 4.26. The number of rotatable bonds is 2. The minimum atomic E-state index is -3.63. The molecule has 0 atom stereocenters. The number of ether oxygens (including phenoxy) is 2. The first-order chi connectivity index (χ1) is 9.97. The summed E-state index contributed by atoms with van der Waals surface area (Å²) < 4.78 is 35.2. The molecule has 0 saturated heterocycles. The van der Waals surface area contributed by atoms with E-state index in [-0.39, 0.29) is 11.5 Å². The molecule has 106 valence electrons. The fraction of sp³-hybridized carbons (Fsp3) is 0.0714. The lowest BCUT2D eigenvalue weighted by Crippen LogP contribution is -2.25. The van der Waals surface area contributed by atoms with Crippen LogP contribution in [0.4, 0.5) is 20.2 Å². The van der Waals surface area contributed by atoms with Crippen molar-refractivity contribution in [1.82, 2.24) is 0 Å². The van der Waals surface area contributed by atoms with Gasteiger partial charge < -0.3 is 14.8 Å². The molecule has 0 fully saturated rings. The predicted octanol–water partition coefficient (Wildman–Crippen LogP) is 4.39. The first-order valence-corrected chi connectivity index (χ1v) is 6.63. The molecule has 3 rings (SSSR count). The summed E-state index contributed by atoms with van der Waals surface area (Å²) in [5, 5.41) is 11.9. The van der Waals surface area contributed by atoms with Crippen LogP contribution in [0.25, 0.3) is 0 Å². The van der Waals surface area contributed by atoms with Crippen molar-refractivity contribution >= 4 is 27.3 Å². The van der Waals surface area contributed by atoms with Crippen LogP contribution in [0.2, 0.25) is 0 Å². The third kappa shape index (κ3) is 2.76. The van der Waals surface area contributed by atoms with Crippen LogP contribution in [-0.4, -0.2) is 6.29 Å². The van der Waals surface area contributed by atoms with Gasteiger partial charge in [0.15, 0.2) is 11.5 Å². The maximum absolute atomic E-state index is 12.9. The number of hydrogen-bond donors (Lipinski definition) is 1. The van der Waals surface area contributed by atoms with E-state index in [1.54, 1.807) is 24.3 Å². The number of fused-ring (bicyclic) bond motifs is 1. The summed E-state index contributed by atoms with van der Waals surface area (Å²) in [6.45, 7) is 0. The second-order valence-corrected chi connectivity index (χ2v) is 5.11. The minimum Gasteiger partial charge on any atom is -0.395 e. The highest BCUT2D eigenvalue weighted by molar-refractivity contribution is 9.10. The van der Waals surface area contributed by atoms with Crippen LogP contribution in [0, 0.1) is 11.3 Å². The Morgan fingerprint density at radius 1 is 1.05 bits per heavy atom. The quantitative estimate of drug-likeness (QED) is 0.870. The lowest BCUT2D eigenvalue weighted by molar-refractivity contribution is -0.286. The molecule has 4 nitrogen and oxygen atoms in total. The lowest BCUT2D eigenvalue weighted by atomic mass is 10.2. The van der Waals surface area contributed by atoms with Gasteiger partial charge in [-0.1, -0.05) is 0 Å². The van der Waals surface area contributed by atoms with Gasteiger partial charge in [0.1, 0.15) is 6.07 Å². The smallest absolute Gasteiger partial charge is 0.395 e. The van der Waals surface area contributed by atoms with Gasteiger partial charge in [0.25, 0.3) is 0 Å². The van der Waals surface area contributed by atoms with Crippen molar-refractivity contribution < 1.29 is 18.3 Å². The molecular weight excluding hydrogens is 346 g/mol. The average Bonchev–Trinajstić information content (AvgIpc) is 2.72. The predicted molar refractivity (Wildman–Crippen MR) is 74.8 cm³/mol.